The number of anilines is 1. The molecule has 2 aromatic carbocycles. The summed E-state index contributed by atoms with van der Waals surface area (Å²) >= 11 is 0. The lowest BCUT2D eigenvalue weighted by molar-refractivity contribution is -0.132. The van der Waals surface area contributed by atoms with Crippen LogP contribution in [0.1, 0.15) is 36.8 Å². The van der Waals surface area contributed by atoms with E-state index in [1.165, 1.54) is 36.6 Å². The standard InChI is InChI=1S/C25H27FN4O2/c26-20-7-3-1-5-18(20)23-19-6-2-4-8-21(19)30(25(32)24(27)28-23)15-22(31)29-13-16-9-10-17(14-29)12-11-16/h1-8,16-17,24H,9-15,27H2. The van der Waals surface area contributed by atoms with Crippen molar-refractivity contribution in [2.75, 3.05) is 24.5 Å². The van der Waals surface area contributed by atoms with E-state index >= 15 is 0 Å². The molecule has 3 heterocycles. The summed E-state index contributed by atoms with van der Waals surface area (Å²) in [4.78, 5) is 34.3. The number of carbonyl (C=O) groups is 2. The molecule has 2 N–H and O–H groups in total. The number of amides is 2. The zero-order chi connectivity index (χ0) is 22.2. The molecule has 1 saturated carbocycles. The van der Waals surface area contributed by atoms with Crippen molar-refractivity contribution in [1.82, 2.24) is 4.90 Å². The molecule has 0 spiro atoms. The van der Waals surface area contributed by atoms with Crippen molar-refractivity contribution in [3.63, 3.8) is 0 Å². The number of fused-ring (bicyclic) bond motifs is 5. The van der Waals surface area contributed by atoms with Crippen molar-refractivity contribution in [2.45, 2.75) is 31.8 Å². The van der Waals surface area contributed by atoms with Gasteiger partial charge in [0.25, 0.3) is 5.91 Å². The maximum Gasteiger partial charge on any atom is 0.266 e. The predicted molar refractivity (Wildman–Crippen MR) is 121 cm³/mol. The molecule has 6 nitrogen and oxygen atoms in total. The number of halogens is 1. The highest BCUT2D eigenvalue weighted by atomic mass is 19.1. The van der Waals surface area contributed by atoms with Crippen LogP contribution in [0.3, 0.4) is 0 Å². The molecule has 4 aliphatic rings. The van der Waals surface area contributed by atoms with E-state index in [1.54, 1.807) is 36.4 Å². The zero-order valence-corrected chi connectivity index (χ0v) is 17.9. The molecule has 1 unspecified atom stereocenters. The minimum atomic E-state index is -1.22. The van der Waals surface area contributed by atoms with Gasteiger partial charge in [-0.1, -0.05) is 30.3 Å². The summed E-state index contributed by atoms with van der Waals surface area (Å²) in [7, 11) is 0. The van der Waals surface area contributed by atoms with Crippen LogP contribution in [0.2, 0.25) is 0 Å². The fourth-order valence-electron chi connectivity index (χ4n) is 5.22. The van der Waals surface area contributed by atoms with Gasteiger partial charge in [-0.25, -0.2) is 4.39 Å². The molecule has 1 aliphatic carbocycles. The van der Waals surface area contributed by atoms with Crippen molar-refractivity contribution >= 4 is 23.2 Å². The van der Waals surface area contributed by atoms with E-state index < -0.39 is 17.9 Å². The Hall–Kier alpha value is -3.06. The molecule has 3 aliphatic heterocycles. The van der Waals surface area contributed by atoms with Crippen LogP contribution in [0, 0.1) is 17.7 Å². The summed E-state index contributed by atoms with van der Waals surface area (Å²) in [5.41, 5.74) is 7.85. The van der Waals surface area contributed by atoms with Crippen LogP contribution >= 0.6 is 0 Å². The van der Waals surface area contributed by atoms with E-state index in [2.05, 4.69) is 4.99 Å². The summed E-state index contributed by atoms with van der Waals surface area (Å²) in [5, 5.41) is 0. The van der Waals surface area contributed by atoms with Crippen molar-refractivity contribution in [3.05, 3.63) is 65.5 Å². The first-order chi connectivity index (χ1) is 15.5. The molecule has 0 radical (unpaired) electrons. The average molecular weight is 435 g/mol. The molecule has 3 fully saturated rings. The second-order valence-corrected chi connectivity index (χ2v) is 9.03. The molecule has 1 atom stereocenters. The smallest absolute Gasteiger partial charge is 0.266 e. The van der Waals surface area contributed by atoms with Crippen LogP contribution in [0.15, 0.2) is 53.5 Å². The van der Waals surface area contributed by atoms with Gasteiger partial charge in [0.1, 0.15) is 12.4 Å². The maximum atomic E-state index is 14.6. The first-order valence-electron chi connectivity index (χ1n) is 11.3. The van der Waals surface area contributed by atoms with Crippen LogP contribution in [0.5, 0.6) is 0 Å². The molecule has 2 saturated heterocycles. The largest absolute Gasteiger partial charge is 0.341 e. The Morgan fingerprint density at radius 3 is 2.22 bits per heavy atom. The van der Waals surface area contributed by atoms with E-state index in [9.17, 15) is 14.0 Å². The van der Waals surface area contributed by atoms with Gasteiger partial charge in [-0.3, -0.25) is 19.5 Å². The Labute approximate surface area is 186 Å². The van der Waals surface area contributed by atoms with Crippen molar-refractivity contribution < 1.29 is 14.0 Å². The number of rotatable bonds is 3. The summed E-state index contributed by atoms with van der Waals surface area (Å²) in [5.74, 6) is 0.111. The normalized spacial score (nSPS) is 25.1. The van der Waals surface area contributed by atoms with E-state index in [4.69, 9.17) is 5.73 Å². The second-order valence-electron chi connectivity index (χ2n) is 9.03. The molecule has 166 valence electrons. The number of hydrogen-bond acceptors (Lipinski definition) is 4. The van der Waals surface area contributed by atoms with E-state index in [0.29, 0.717) is 28.8 Å². The molecule has 32 heavy (non-hydrogen) atoms. The molecular weight excluding hydrogens is 407 g/mol. The average Bonchev–Trinajstić information content (AvgIpc) is 3.19. The number of hydrogen-bond donors (Lipinski definition) is 1. The summed E-state index contributed by atoms with van der Waals surface area (Å²) in [6.07, 6.45) is 3.47. The number of nitrogens with two attached hydrogens (primary N) is 1. The number of carbonyl (C=O) groups excluding carboxylic acids is 2. The number of benzodiazepines with no additional fused rings is 1. The molecule has 6 rings (SSSR count). The summed E-state index contributed by atoms with van der Waals surface area (Å²) in [6, 6.07) is 13.5. The number of para-hydroxylation sites is 1. The topological polar surface area (TPSA) is 79.0 Å². The predicted octanol–water partition coefficient (Wildman–Crippen LogP) is 2.94. The highest BCUT2D eigenvalue weighted by molar-refractivity contribution is 6.20. The van der Waals surface area contributed by atoms with Gasteiger partial charge in [0.15, 0.2) is 6.17 Å². The first kappa shape index (κ1) is 20.8. The quantitative estimate of drug-likeness (QED) is 0.807. The second kappa shape index (κ2) is 8.47. The third-order valence-electron chi connectivity index (χ3n) is 6.94. The van der Waals surface area contributed by atoms with E-state index in [0.717, 1.165) is 13.1 Å². The third-order valence-corrected chi connectivity index (χ3v) is 6.94. The lowest BCUT2D eigenvalue weighted by Crippen LogP contribution is -2.48. The molecule has 2 bridgehead atoms. The van der Waals surface area contributed by atoms with Crippen LogP contribution in [0.25, 0.3) is 0 Å². The Kier molecular flexibility index (Phi) is 5.51. The van der Waals surface area contributed by atoms with Crippen molar-refractivity contribution in [3.8, 4) is 0 Å². The van der Waals surface area contributed by atoms with Gasteiger partial charge in [-0.2, -0.15) is 0 Å². The minimum Gasteiger partial charge on any atom is -0.341 e. The molecule has 2 amide bonds. The fourth-order valence-corrected chi connectivity index (χ4v) is 5.22. The van der Waals surface area contributed by atoms with E-state index in [1.807, 2.05) is 11.0 Å². The van der Waals surface area contributed by atoms with Gasteiger partial charge in [0.2, 0.25) is 5.91 Å². The minimum absolute atomic E-state index is 0.0755. The Bertz CT molecular complexity index is 1060. The third kappa shape index (κ3) is 3.81. The van der Waals surface area contributed by atoms with Crippen LogP contribution < -0.4 is 10.6 Å². The lowest BCUT2D eigenvalue weighted by atomic mass is 9.84. The van der Waals surface area contributed by atoms with Gasteiger partial charge < -0.3 is 10.6 Å². The molecule has 7 heteroatoms. The van der Waals surface area contributed by atoms with Gasteiger partial charge in [-0.05, 0) is 55.7 Å². The monoisotopic (exact) mass is 434 g/mol. The number of benzene rings is 2. The van der Waals surface area contributed by atoms with Crippen molar-refractivity contribution in [2.24, 2.45) is 22.6 Å². The number of nitrogens with zero attached hydrogens (tertiary/aromatic N) is 3. The molecular formula is C25H27FN4O2. The van der Waals surface area contributed by atoms with Crippen LogP contribution in [-0.2, 0) is 9.59 Å². The van der Waals surface area contributed by atoms with Crippen molar-refractivity contribution in [1.29, 1.82) is 0 Å². The molecule has 2 aromatic rings. The Morgan fingerprint density at radius 2 is 1.56 bits per heavy atom. The van der Waals surface area contributed by atoms with Gasteiger partial charge in [0, 0.05) is 24.2 Å². The van der Waals surface area contributed by atoms with Gasteiger partial charge in [0.05, 0.1) is 11.4 Å². The number of aliphatic imine (C=N–C) groups is 1. The van der Waals surface area contributed by atoms with Crippen LogP contribution in [0.4, 0.5) is 10.1 Å². The fraction of sp³-hybridized carbons (Fsp3) is 0.400. The van der Waals surface area contributed by atoms with Crippen LogP contribution in [-0.4, -0.2) is 48.2 Å². The molecule has 0 aromatic heterocycles. The highest BCUT2D eigenvalue weighted by Gasteiger charge is 2.35. The highest BCUT2D eigenvalue weighted by Crippen LogP contribution is 2.34. The lowest BCUT2D eigenvalue weighted by Gasteiger charge is -2.28. The SMILES string of the molecule is NC1N=C(c2ccccc2F)c2ccccc2N(CC(=O)N2CC3CCC(CC3)C2)C1=O. The first-order valence-corrected chi connectivity index (χ1v) is 11.3. The van der Waals surface area contributed by atoms with Gasteiger partial charge >= 0.3 is 0 Å². The zero-order valence-electron chi connectivity index (χ0n) is 17.9. The van der Waals surface area contributed by atoms with E-state index in [-0.39, 0.29) is 18.0 Å². The summed E-state index contributed by atoms with van der Waals surface area (Å²) in [6.45, 7) is 1.41. The maximum absolute atomic E-state index is 14.6. The van der Waals surface area contributed by atoms with Gasteiger partial charge in [-0.15, -0.1) is 0 Å². The summed E-state index contributed by atoms with van der Waals surface area (Å²) < 4.78 is 14.6. The Balaban J connectivity index is 1.49. The Morgan fingerprint density at radius 1 is 0.969 bits per heavy atom.